The van der Waals surface area contributed by atoms with Gasteiger partial charge in [-0.2, -0.15) is 0 Å². The Kier molecular flexibility index (Phi) is 3.95. The van der Waals surface area contributed by atoms with E-state index in [1.807, 2.05) is 43.3 Å². The van der Waals surface area contributed by atoms with Crippen molar-refractivity contribution in [2.45, 2.75) is 32.7 Å². The highest BCUT2D eigenvalue weighted by atomic mass is 16.1. The molecular formula is C20H22N2O. The molecule has 2 N–H and O–H groups in total. The molecule has 2 aromatic carbocycles. The van der Waals surface area contributed by atoms with E-state index in [0.29, 0.717) is 0 Å². The quantitative estimate of drug-likeness (QED) is 0.826. The van der Waals surface area contributed by atoms with Gasteiger partial charge in [0.15, 0.2) is 0 Å². The van der Waals surface area contributed by atoms with Gasteiger partial charge in [0, 0.05) is 28.6 Å². The smallest absolute Gasteiger partial charge is 0.250 e. The highest BCUT2D eigenvalue weighted by molar-refractivity contribution is 6.04. The van der Waals surface area contributed by atoms with Crippen LogP contribution in [0.4, 0.5) is 5.69 Å². The molecule has 1 aliphatic rings. The average Bonchev–Trinajstić information content (AvgIpc) is 2.48. The molecule has 0 aliphatic carbocycles. The van der Waals surface area contributed by atoms with E-state index in [0.717, 1.165) is 28.9 Å². The maximum Gasteiger partial charge on any atom is 0.250 e. The molecule has 0 radical (unpaired) electrons. The second-order valence-electron chi connectivity index (χ2n) is 6.70. The van der Waals surface area contributed by atoms with Gasteiger partial charge in [0.25, 0.3) is 0 Å². The third-order valence-corrected chi connectivity index (χ3v) is 4.09. The van der Waals surface area contributed by atoms with Crippen molar-refractivity contribution in [2.24, 2.45) is 0 Å². The summed E-state index contributed by atoms with van der Waals surface area (Å²) in [6.07, 6.45) is 2.60. The van der Waals surface area contributed by atoms with Gasteiger partial charge in [-0.25, -0.2) is 0 Å². The van der Waals surface area contributed by atoms with Crippen molar-refractivity contribution in [3.8, 4) is 0 Å². The van der Waals surface area contributed by atoms with Crippen LogP contribution in [0.3, 0.4) is 0 Å². The lowest BCUT2D eigenvalue weighted by Crippen LogP contribution is -2.44. The van der Waals surface area contributed by atoms with E-state index < -0.39 is 0 Å². The molecule has 0 bridgehead atoms. The van der Waals surface area contributed by atoms with Crippen LogP contribution in [0, 0.1) is 6.92 Å². The Bertz CT molecular complexity index is 775. The summed E-state index contributed by atoms with van der Waals surface area (Å²) in [5.74, 6) is -0.116. The molecule has 1 aliphatic heterocycles. The standard InChI is InChI=1S/C20H22N2O/c1-14-8-4-7-11-17(14)21-19(23)12-18-16-10-6-5-9-15(16)13-20(2,3)22-18/h4-12,22H,13H2,1-3H3,(H,21,23)/b18-12+. The number of aryl methyl sites for hydroxylation is 1. The molecule has 1 amide bonds. The zero-order chi connectivity index (χ0) is 16.4. The number of hydrogen-bond acceptors (Lipinski definition) is 2. The summed E-state index contributed by atoms with van der Waals surface area (Å²) in [5, 5.41) is 6.44. The first-order chi connectivity index (χ1) is 10.9. The number of para-hydroxylation sites is 1. The summed E-state index contributed by atoms with van der Waals surface area (Å²) in [6, 6.07) is 16.0. The molecule has 0 saturated heterocycles. The zero-order valence-electron chi connectivity index (χ0n) is 13.8. The molecule has 3 heteroatoms. The van der Waals surface area contributed by atoms with Crippen LogP contribution in [0.2, 0.25) is 0 Å². The molecule has 0 saturated carbocycles. The number of carbonyl (C=O) groups is 1. The number of amides is 1. The fourth-order valence-electron chi connectivity index (χ4n) is 3.02. The average molecular weight is 306 g/mol. The van der Waals surface area contributed by atoms with Gasteiger partial charge in [0.05, 0.1) is 0 Å². The van der Waals surface area contributed by atoms with Crippen LogP contribution >= 0.6 is 0 Å². The normalized spacial score (nSPS) is 17.3. The van der Waals surface area contributed by atoms with Crippen LogP contribution < -0.4 is 10.6 Å². The van der Waals surface area contributed by atoms with Gasteiger partial charge >= 0.3 is 0 Å². The van der Waals surface area contributed by atoms with Gasteiger partial charge in [-0.05, 0) is 44.4 Å². The molecule has 0 unspecified atom stereocenters. The SMILES string of the molecule is Cc1ccccc1NC(=O)/C=C1/NC(C)(C)Cc2ccccc21. The third kappa shape index (κ3) is 3.45. The Morgan fingerprint density at radius 2 is 1.83 bits per heavy atom. The van der Waals surface area contributed by atoms with Gasteiger partial charge < -0.3 is 10.6 Å². The Morgan fingerprint density at radius 3 is 2.61 bits per heavy atom. The molecular weight excluding hydrogens is 284 g/mol. The minimum Gasteiger partial charge on any atom is -0.379 e. The van der Waals surface area contributed by atoms with Gasteiger partial charge in [0.2, 0.25) is 5.91 Å². The minimum absolute atomic E-state index is 0.0663. The van der Waals surface area contributed by atoms with E-state index in [4.69, 9.17) is 0 Å². The van der Waals surface area contributed by atoms with E-state index in [1.54, 1.807) is 6.08 Å². The van der Waals surface area contributed by atoms with Gasteiger partial charge in [-0.3, -0.25) is 4.79 Å². The van der Waals surface area contributed by atoms with Crippen molar-refractivity contribution >= 4 is 17.3 Å². The van der Waals surface area contributed by atoms with Crippen molar-refractivity contribution < 1.29 is 4.79 Å². The second kappa shape index (κ2) is 5.92. The maximum atomic E-state index is 12.4. The molecule has 23 heavy (non-hydrogen) atoms. The number of carbonyl (C=O) groups excluding carboxylic acids is 1. The Balaban J connectivity index is 1.89. The number of fused-ring (bicyclic) bond motifs is 1. The molecule has 3 nitrogen and oxygen atoms in total. The summed E-state index contributed by atoms with van der Waals surface area (Å²) >= 11 is 0. The number of nitrogens with one attached hydrogen (secondary N) is 2. The van der Waals surface area contributed by atoms with Crippen LogP contribution in [0.1, 0.15) is 30.5 Å². The zero-order valence-corrected chi connectivity index (χ0v) is 13.8. The minimum atomic E-state index is -0.116. The van der Waals surface area contributed by atoms with E-state index in [-0.39, 0.29) is 11.4 Å². The lowest BCUT2D eigenvalue weighted by molar-refractivity contribution is -0.111. The number of anilines is 1. The summed E-state index contributed by atoms with van der Waals surface area (Å²) < 4.78 is 0. The summed E-state index contributed by atoms with van der Waals surface area (Å²) in [7, 11) is 0. The van der Waals surface area contributed by atoms with E-state index in [9.17, 15) is 4.79 Å². The molecule has 1 heterocycles. The third-order valence-electron chi connectivity index (χ3n) is 4.09. The molecule has 0 aromatic heterocycles. The van der Waals surface area contributed by atoms with Crippen LogP contribution in [0.15, 0.2) is 54.6 Å². The molecule has 0 spiro atoms. The lowest BCUT2D eigenvalue weighted by Gasteiger charge is -2.35. The van der Waals surface area contributed by atoms with Gasteiger partial charge in [-0.1, -0.05) is 42.5 Å². The first-order valence-electron chi connectivity index (χ1n) is 7.89. The van der Waals surface area contributed by atoms with Crippen molar-refractivity contribution in [3.63, 3.8) is 0 Å². The molecule has 3 rings (SSSR count). The Hall–Kier alpha value is -2.55. The number of rotatable bonds is 2. The van der Waals surface area contributed by atoms with Crippen LogP contribution in [0.5, 0.6) is 0 Å². The molecule has 0 atom stereocenters. The van der Waals surface area contributed by atoms with Crippen molar-refractivity contribution in [1.29, 1.82) is 0 Å². The topological polar surface area (TPSA) is 41.1 Å². The van der Waals surface area contributed by atoms with Crippen LogP contribution in [-0.4, -0.2) is 11.4 Å². The highest BCUT2D eigenvalue weighted by Gasteiger charge is 2.27. The van der Waals surface area contributed by atoms with Crippen molar-refractivity contribution in [1.82, 2.24) is 5.32 Å². The maximum absolute atomic E-state index is 12.4. The van der Waals surface area contributed by atoms with E-state index >= 15 is 0 Å². The molecule has 118 valence electrons. The first kappa shape index (κ1) is 15.3. The molecule has 2 aromatic rings. The summed E-state index contributed by atoms with van der Waals surface area (Å²) in [4.78, 5) is 12.4. The van der Waals surface area contributed by atoms with Crippen LogP contribution in [-0.2, 0) is 11.2 Å². The van der Waals surface area contributed by atoms with Crippen molar-refractivity contribution in [2.75, 3.05) is 5.32 Å². The van der Waals surface area contributed by atoms with Crippen LogP contribution in [0.25, 0.3) is 5.70 Å². The van der Waals surface area contributed by atoms with E-state index in [1.165, 1.54) is 5.56 Å². The lowest BCUT2D eigenvalue weighted by atomic mass is 9.86. The number of hydrogen-bond donors (Lipinski definition) is 2. The Labute approximate surface area is 137 Å². The molecule has 0 fully saturated rings. The predicted octanol–water partition coefficient (Wildman–Crippen LogP) is 3.90. The summed E-state index contributed by atoms with van der Waals surface area (Å²) in [6.45, 7) is 6.28. The summed E-state index contributed by atoms with van der Waals surface area (Å²) in [5.41, 5.74) is 5.08. The van der Waals surface area contributed by atoms with Crippen molar-refractivity contribution in [3.05, 3.63) is 71.3 Å². The second-order valence-corrected chi connectivity index (χ2v) is 6.70. The predicted molar refractivity (Wildman–Crippen MR) is 95.1 cm³/mol. The Morgan fingerprint density at radius 1 is 1.13 bits per heavy atom. The highest BCUT2D eigenvalue weighted by Crippen LogP contribution is 2.29. The van der Waals surface area contributed by atoms with Gasteiger partial charge in [-0.15, -0.1) is 0 Å². The van der Waals surface area contributed by atoms with E-state index in [2.05, 4.69) is 36.6 Å². The number of benzene rings is 2. The fraction of sp³-hybridized carbons (Fsp3) is 0.250. The monoisotopic (exact) mass is 306 g/mol. The van der Waals surface area contributed by atoms with Gasteiger partial charge in [0.1, 0.15) is 0 Å². The largest absolute Gasteiger partial charge is 0.379 e. The first-order valence-corrected chi connectivity index (χ1v) is 7.89. The fourth-order valence-corrected chi connectivity index (χ4v) is 3.02.